The van der Waals surface area contributed by atoms with E-state index in [9.17, 15) is 9.59 Å². The van der Waals surface area contributed by atoms with E-state index in [1.54, 1.807) is 17.6 Å². The molecule has 1 fully saturated rings. The summed E-state index contributed by atoms with van der Waals surface area (Å²) in [6.45, 7) is 1.76. The number of hydrogen-bond acceptors (Lipinski definition) is 6. The van der Waals surface area contributed by atoms with Gasteiger partial charge in [0.15, 0.2) is 11.0 Å². The molecule has 8 heteroatoms. The Labute approximate surface area is 166 Å². The number of para-hydroxylation sites is 1. The molecule has 1 saturated carbocycles. The summed E-state index contributed by atoms with van der Waals surface area (Å²) < 4.78 is 6.77. The van der Waals surface area contributed by atoms with E-state index in [1.165, 1.54) is 18.2 Å². The smallest absolute Gasteiger partial charge is 0.262 e. The molecule has 1 aliphatic carbocycles. The van der Waals surface area contributed by atoms with Crippen LogP contribution in [0.25, 0.3) is 10.9 Å². The molecule has 0 aliphatic heterocycles. The Balaban J connectivity index is 1.61. The van der Waals surface area contributed by atoms with Gasteiger partial charge in [0.05, 0.1) is 16.7 Å². The van der Waals surface area contributed by atoms with Gasteiger partial charge in [-0.05, 0) is 31.9 Å². The van der Waals surface area contributed by atoms with E-state index in [1.807, 2.05) is 24.3 Å². The first kappa shape index (κ1) is 18.7. The topological polar surface area (TPSA) is 90.0 Å². The summed E-state index contributed by atoms with van der Waals surface area (Å²) in [4.78, 5) is 30.2. The van der Waals surface area contributed by atoms with Crippen LogP contribution < -0.4 is 10.9 Å². The van der Waals surface area contributed by atoms with E-state index >= 15 is 0 Å². The maximum Gasteiger partial charge on any atom is 0.262 e. The summed E-state index contributed by atoms with van der Waals surface area (Å²) in [5, 5.41) is 7.70. The number of rotatable bonds is 5. The first-order chi connectivity index (χ1) is 13.6. The normalized spacial score (nSPS) is 15.0. The summed E-state index contributed by atoms with van der Waals surface area (Å²) >= 11 is 1.29. The third-order valence-corrected chi connectivity index (χ3v) is 5.90. The highest BCUT2D eigenvalue weighted by Gasteiger charge is 2.22. The molecular formula is C20H22N4O3S. The first-order valence-electron chi connectivity index (χ1n) is 9.49. The monoisotopic (exact) mass is 398 g/mol. The average Bonchev–Trinajstić information content (AvgIpc) is 3.11. The molecule has 28 heavy (non-hydrogen) atoms. The SMILES string of the molecule is Cc1cc(NC(=O)CSc2nc3ccccc3c(=O)n2C2CCCCC2)no1. The minimum Gasteiger partial charge on any atom is -0.360 e. The lowest BCUT2D eigenvalue weighted by atomic mass is 9.95. The van der Waals surface area contributed by atoms with Gasteiger partial charge in [-0.15, -0.1) is 0 Å². The van der Waals surface area contributed by atoms with Crippen LogP contribution in [0, 0.1) is 6.92 Å². The average molecular weight is 398 g/mol. The number of anilines is 1. The molecule has 4 rings (SSSR count). The van der Waals surface area contributed by atoms with Crippen molar-refractivity contribution >= 4 is 34.4 Å². The van der Waals surface area contributed by atoms with Crippen molar-refractivity contribution in [3.05, 3.63) is 46.4 Å². The molecule has 1 N–H and O–H groups in total. The zero-order valence-corrected chi connectivity index (χ0v) is 16.5. The van der Waals surface area contributed by atoms with Gasteiger partial charge in [-0.25, -0.2) is 4.98 Å². The zero-order valence-electron chi connectivity index (χ0n) is 15.7. The molecule has 0 spiro atoms. The maximum atomic E-state index is 13.2. The van der Waals surface area contributed by atoms with Crippen molar-refractivity contribution < 1.29 is 9.32 Å². The summed E-state index contributed by atoms with van der Waals surface area (Å²) in [5.41, 5.74) is 0.641. The van der Waals surface area contributed by atoms with Crippen LogP contribution in [0.15, 0.2) is 44.8 Å². The van der Waals surface area contributed by atoms with Crippen LogP contribution in [-0.4, -0.2) is 26.4 Å². The number of amides is 1. The fourth-order valence-corrected chi connectivity index (χ4v) is 4.49. The predicted octanol–water partition coefficient (Wildman–Crippen LogP) is 3.93. The van der Waals surface area contributed by atoms with Gasteiger partial charge < -0.3 is 9.84 Å². The summed E-state index contributed by atoms with van der Waals surface area (Å²) in [5.74, 6) is 0.948. The minimum atomic E-state index is -0.212. The van der Waals surface area contributed by atoms with Crippen molar-refractivity contribution in [3.8, 4) is 0 Å². The van der Waals surface area contributed by atoms with Gasteiger partial charge in [-0.1, -0.05) is 48.3 Å². The number of hydrogen-bond donors (Lipinski definition) is 1. The Morgan fingerprint density at radius 1 is 1.29 bits per heavy atom. The molecule has 3 aromatic rings. The predicted molar refractivity (Wildman–Crippen MR) is 109 cm³/mol. The molecule has 2 heterocycles. The highest BCUT2D eigenvalue weighted by molar-refractivity contribution is 7.99. The van der Waals surface area contributed by atoms with Gasteiger partial charge in [0.1, 0.15) is 5.76 Å². The molecule has 146 valence electrons. The van der Waals surface area contributed by atoms with Crippen molar-refractivity contribution in [1.29, 1.82) is 0 Å². The van der Waals surface area contributed by atoms with Gasteiger partial charge in [-0.2, -0.15) is 0 Å². The van der Waals surface area contributed by atoms with Crippen LogP contribution >= 0.6 is 11.8 Å². The molecule has 0 unspecified atom stereocenters. The van der Waals surface area contributed by atoms with Crippen LogP contribution in [0.2, 0.25) is 0 Å². The second-order valence-electron chi connectivity index (χ2n) is 7.04. The standard InChI is InChI=1S/C20H22N4O3S/c1-13-11-17(23-27-13)22-18(25)12-28-20-21-16-10-6-5-9-15(16)19(26)24(20)14-7-3-2-4-8-14/h5-6,9-11,14H,2-4,7-8,12H2,1H3,(H,22,23,25). The number of aromatic nitrogens is 3. The van der Waals surface area contributed by atoms with E-state index in [2.05, 4.69) is 10.5 Å². The Hall–Kier alpha value is -2.61. The van der Waals surface area contributed by atoms with Crippen molar-refractivity contribution in [2.45, 2.75) is 50.2 Å². The van der Waals surface area contributed by atoms with Crippen molar-refractivity contribution in [2.75, 3.05) is 11.1 Å². The first-order valence-corrected chi connectivity index (χ1v) is 10.5. The maximum absolute atomic E-state index is 13.2. The number of carbonyl (C=O) groups is 1. The number of thioether (sulfide) groups is 1. The molecule has 0 saturated heterocycles. The zero-order chi connectivity index (χ0) is 19.5. The number of fused-ring (bicyclic) bond motifs is 1. The largest absolute Gasteiger partial charge is 0.360 e. The van der Waals surface area contributed by atoms with E-state index in [0.29, 0.717) is 27.6 Å². The van der Waals surface area contributed by atoms with Gasteiger partial charge in [0.25, 0.3) is 5.56 Å². The van der Waals surface area contributed by atoms with Gasteiger partial charge in [0.2, 0.25) is 5.91 Å². The molecular weight excluding hydrogens is 376 g/mol. The number of aryl methyl sites for hydroxylation is 1. The Morgan fingerprint density at radius 3 is 2.82 bits per heavy atom. The van der Waals surface area contributed by atoms with E-state index in [-0.39, 0.29) is 23.3 Å². The molecule has 0 atom stereocenters. The number of carbonyl (C=O) groups excluding carboxylic acids is 1. The summed E-state index contributed by atoms with van der Waals surface area (Å²) in [7, 11) is 0. The van der Waals surface area contributed by atoms with Crippen molar-refractivity contribution in [1.82, 2.24) is 14.7 Å². The van der Waals surface area contributed by atoms with Crippen LogP contribution in [0.3, 0.4) is 0 Å². The van der Waals surface area contributed by atoms with Crippen LogP contribution in [0.4, 0.5) is 5.82 Å². The molecule has 1 aromatic carbocycles. The molecule has 0 radical (unpaired) electrons. The lowest BCUT2D eigenvalue weighted by molar-refractivity contribution is -0.113. The van der Waals surface area contributed by atoms with E-state index in [4.69, 9.17) is 9.51 Å². The van der Waals surface area contributed by atoms with Crippen molar-refractivity contribution in [3.63, 3.8) is 0 Å². The van der Waals surface area contributed by atoms with Crippen LogP contribution in [0.5, 0.6) is 0 Å². The third kappa shape index (κ3) is 3.96. The highest BCUT2D eigenvalue weighted by Crippen LogP contribution is 2.31. The molecule has 1 amide bonds. The second kappa shape index (κ2) is 8.18. The van der Waals surface area contributed by atoms with E-state index < -0.39 is 0 Å². The summed E-state index contributed by atoms with van der Waals surface area (Å²) in [6, 6.07) is 9.18. The molecule has 2 aromatic heterocycles. The van der Waals surface area contributed by atoms with Gasteiger partial charge in [0, 0.05) is 12.1 Å². The molecule has 7 nitrogen and oxygen atoms in total. The number of benzene rings is 1. The highest BCUT2D eigenvalue weighted by atomic mass is 32.2. The van der Waals surface area contributed by atoms with Gasteiger partial charge >= 0.3 is 0 Å². The Bertz CT molecular complexity index is 1050. The van der Waals surface area contributed by atoms with Crippen molar-refractivity contribution in [2.24, 2.45) is 0 Å². The lowest BCUT2D eigenvalue weighted by Crippen LogP contribution is -2.29. The van der Waals surface area contributed by atoms with Gasteiger partial charge in [-0.3, -0.25) is 14.2 Å². The quantitative estimate of drug-likeness (QED) is 0.517. The lowest BCUT2D eigenvalue weighted by Gasteiger charge is -2.26. The number of nitrogens with zero attached hydrogens (tertiary/aromatic N) is 3. The fourth-order valence-electron chi connectivity index (χ4n) is 3.62. The minimum absolute atomic E-state index is 0.0208. The summed E-state index contributed by atoms with van der Waals surface area (Å²) in [6.07, 6.45) is 5.37. The van der Waals surface area contributed by atoms with E-state index in [0.717, 1.165) is 25.7 Å². The third-order valence-electron chi connectivity index (χ3n) is 4.94. The molecule has 1 aliphatic rings. The fraction of sp³-hybridized carbons (Fsp3) is 0.400. The Morgan fingerprint density at radius 2 is 2.07 bits per heavy atom. The Kier molecular flexibility index (Phi) is 5.47. The number of nitrogens with one attached hydrogen (secondary N) is 1. The second-order valence-corrected chi connectivity index (χ2v) is 7.98. The van der Waals surface area contributed by atoms with Crippen LogP contribution in [-0.2, 0) is 4.79 Å². The molecule has 0 bridgehead atoms. The van der Waals surface area contributed by atoms with Crippen LogP contribution in [0.1, 0.15) is 43.9 Å².